The van der Waals surface area contributed by atoms with Crippen LogP contribution in [0, 0.1) is 10.1 Å². The number of hydrogen-bond acceptors (Lipinski definition) is 10. The van der Waals surface area contributed by atoms with Gasteiger partial charge in [-0.3, -0.25) is 28.8 Å². The van der Waals surface area contributed by atoms with Gasteiger partial charge in [-0.25, -0.2) is 4.79 Å². The van der Waals surface area contributed by atoms with E-state index in [0.29, 0.717) is 11.3 Å². The molecule has 0 aromatic heterocycles. The van der Waals surface area contributed by atoms with Crippen LogP contribution in [0.1, 0.15) is 5.56 Å². The Kier molecular flexibility index (Phi) is 8.92. The highest BCUT2D eigenvalue weighted by atomic mass is 32.2. The van der Waals surface area contributed by atoms with Crippen molar-refractivity contribution < 1.29 is 43.2 Å². The van der Waals surface area contributed by atoms with Crippen molar-refractivity contribution in [3.05, 3.63) is 81.7 Å². The number of esters is 1. The molecule has 0 radical (unpaired) electrons. The number of benzene rings is 2. The van der Waals surface area contributed by atoms with Gasteiger partial charge >= 0.3 is 5.97 Å². The molecule has 2 aliphatic rings. The molecule has 2 heterocycles. The molecule has 0 aliphatic carbocycles. The van der Waals surface area contributed by atoms with E-state index in [1.54, 1.807) is 30.3 Å². The standard InChI is InChI=1S/C22H19N3O9S.CH4O/c26-16-12-35(32)21-18(23-17(27)11-33-15-4-2-1-3-5-15)20(28)24(21)19(16)22(29)34-10-13-6-8-14(9-7-13)25(30)31;1-2/h1-9,18,21,26H,10-12H2,(H,23,27);2H,1H3/t18?,21-,35?;/m0./s1. The molecule has 1 fully saturated rings. The molecule has 2 aromatic carbocycles. The lowest BCUT2D eigenvalue weighted by Gasteiger charge is -2.48. The molecule has 2 aromatic rings. The molecule has 2 aliphatic heterocycles. The molecule has 3 N–H and O–H groups in total. The second-order valence-corrected chi connectivity index (χ2v) is 9.10. The molecule has 37 heavy (non-hydrogen) atoms. The molecule has 4 rings (SSSR count). The molecule has 196 valence electrons. The normalized spacial score (nSPS) is 20.0. The van der Waals surface area contributed by atoms with E-state index in [-0.39, 0.29) is 18.9 Å². The summed E-state index contributed by atoms with van der Waals surface area (Å²) >= 11 is 0. The third kappa shape index (κ3) is 6.10. The minimum atomic E-state index is -1.78. The number of carbonyl (C=O) groups excluding carboxylic acids is 3. The van der Waals surface area contributed by atoms with Gasteiger partial charge in [0, 0.05) is 19.2 Å². The zero-order valence-corrected chi connectivity index (χ0v) is 20.3. The Labute approximate surface area is 212 Å². The van der Waals surface area contributed by atoms with Crippen molar-refractivity contribution in [1.29, 1.82) is 0 Å². The number of aliphatic hydroxyl groups is 2. The number of β-lactam (4-membered cyclic amide) rings is 1. The lowest BCUT2D eigenvalue weighted by molar-refractivity contribution is -0.384. The van der Waals surface area contributed by atoms with E-state index < -0.39 is 62.1 Å². The van der Waals surface area contributed by atoms with Crippen LogP contribution in [0.25, 0.3) is 0 Å². The van der Waals surface area contributed by atoms with E-state index in [0.717, 1.165) is 12.0 Å². The molecule has 13 nitrogen and oxygen atoms in total. The summed E-state index contributed by atoms with van der Waals surface area (Å²) in [5.41, 5.74) is -0.141. The highest BCUT2D eigenvalue weighted by molar-refractivity contribution is 7.86. The monoisotopic (exact) mass is 533 g/mol. The second kappa shape index (κ2) is 12.1. The van der Waals surface area contributed by atoms with Crippen LogP contribution in [0.2, 0.25) is 0 Å². The fraction of sp³-hybridized carbons (Fsp3) is 0.261. The Bertz CT molecular complexity index is 1230. The van der Waals surface area contributed by atoms with Gasteiger partial charge in [0.15, 0.2) is 12.3 Å². The summed E-state index contributed by atoms with van der Waals surface area (Å²) in [6.45, 7) is -0.654. The maximum atomic E-state index is 12.7. The summed E-state index contributed by atoms with van der Waals surface area (Å²) in [5.74, 6) is -2.90. The van der Waals surface area contributed by atoms with E-state index in [1.807, 2.05) is 0 Å². The maximum absolute atomic E-state index is 12.7. The minimum absolute atomic E-state index is 0.133. The van der Waals surface area contributed by atoms with Gasteiger partial charge in [-0.05, 0) is 29.8 Å². The first-order valence-electron chi connectivity index (χ1n) is 10.7. The van der Waals surface area contributed by atoms with E-state index in [4.69, 9.17) is 14.6 Å². The van der Waals surface area contributed by atoms with Gasteiger partial charge in [0.2, 0.25) is 0 Å². The van der Waals surface area contributed by atoms with Crippen molar-refractivity contribution in [3.63, 3.8) is 0 Å². The van der Waals surface area contributed by atoms with Crippen LogP contribution in [0.3, 0.4) is 0 Å². The van der Waals surface area contributed by atoms with Crippen LogP contribution in [0.5, 0.6) is 5.75 Å². The number of ether oxygens (including phenoxy) is 2. The summed E-state index contributed by atoms with van der Waals surface area (Å²) in [4.78, 5) is 48.6. The van der Waals surface area contributed by atoms with Crippen LogP contribution in [0.4, 0.5) is 5.69 Å². The van der Waals surface area contributed by atoms with Gasteiger partial charge in [0.1, 0.15) is 29.5 Å². The van der Waals surface area contributed by atoms with Crippen molar-refractivity contribution in [2.45, 2.75) is 18.0 Å². The third-order valence-electron chi connectivity index (χ3n) is 5.25. The average Bonchev–Trinajstić information content (AvgIpc) is 2.91. The molecule has 2 unspecified atom stereocenters. The predicted octanol–water partition coefficient (Wildman–Crippen LogP) is 0.511. The number of hydrogen-bond donors (Lipinski definition) is 3. The van der Waals surface area contributed by atoms with Crippen molar-refractivity contribution in [2.24, 2.45) is 0 Å². The minimum Gasteiger partial charge on any atom is -0.509 e. The largest absolute Gasteiger partial charge is 0.509 e. The highest BCUT2D eigenvalue weighted by Gasteiger charge is 2.57. The van der Waals surface area contributed by atoms with Gasteiger partial charge in [0.05, 0.1) is 21.5 Å². The smallest absolute Gasteiger partial charge is 0.358 e. The van der Waals surface area contributed by atoms with Crippen LogP contribution < -0.4 is 10.1 Å². The lowest BCUT2D eigenvalue weighted by atomic mass is 10.0. The SMILES string of the molecule is CO.O=C(COc1ccccc1)NC1C(=O)N2C(C(=O)OCc3ccc([N+](=O)[O-])cc3)=C(O)CS(=O)[C@@H]12. The summed E-state index contributed by atoms with van der Waals surface area (Å²) in [6, 6.07) is 12.7. The fourth-order valence-electron chi connectivity index (χ4n) is 3.56. The van der Waals surface area contributed by atoms with Crippen molar-refractivity contribution in [3.8, 4) is 5.75 Å². The van der Waals surface area contributed by atoms with Crippen LogP contribution in [-0.4, -0.2) is 72.9 Å². The number of aliphatic hydroxyl groups excluding tert-OH is 2. The first-order chi connectivity index (χ1) is 17.8. The van der Waals surface area contributed by atoms with Crippen LogP contribution in [0.15, 0.2) is 66.1 Å². The second-order valence-electron chi connectivity index (χ2n) is 7.57. The number of amides is 2. The van der Waals surface area contributed by atoms with Gasteiger partial charge in [-0.15, -0.1) is 0 Å². The zero-order chi connectivity index (χ0) is 27.1. The summed E-state index contributed by atoms with van der Waals surface area (Å²) in [5, 5.41) is 29.4. The lowest BCUT2D eigenvalue weighted by Crippen LogP contribution is -2.73. The number of nitrogens with zero attached hydrogens (tertiary/aromatic N) is 2. The molecule has 0 spiro atoms. The number of nitro benzene ring substituents is 1. The Morgan fingerprint density at radius 1 is 1.16 bits per heavy atom. The van der Waals surface area contributed by atoms with Crippen molar-refractivity contribution >= 4 is 34.3 Å². The number of nitro groups is 1. The molecule has 0 bridgehead atoms. The van der Waals surface area contributed by atoms with Crippen LogP contribution >= 0.6 is 0 Å². The van der Waals surface area contributed by atoms with Gasteiger partial charge in [0.25, 0.3) is 17.5 Å². The average molecular weight is 534 g/mol. The number of rotatable bonds is 8. The Morgan fingerprint density at radius 3 is 2.43 bits per heavy atom. The van der Waals surface area contributed by atoms with E-state index >= 15 is 0 Å². The number of carbonyl (C=O) groups is 3. The third-order valence-corrected chi connectivity index (χ3v) is 6.83. The van der Waals surface area contributed by atoms with Crippen molar-refractivity contribution in [2.75, 3.05) is 19.5 Å². The van der Waals surface area contributed by atoms with Crippen LogP contribution in [-0.2, 0) is 36.5 Å². The first-order valence-corrected chi connectivity index (χ1v) is 12.1. The van der Waals surface area contributed by atoms with Gasteiger partial charge in [-0.2, -0.15) is 0 Å². The van der Waals surface area contributed by atoms with E-state index in [2.05, 4.69) is 5.32 Å². The van der Waals surface area contributed by atoms with Crippen molar-refractivity contribution in [1.82, 2.24) is 10.2 Å². The Hall–Kier alpha value is -4.30. The summed E-state index contributed by atoms with van der Waals surface area (Å²) < 4.78 is 23.0. The van der Waals surface area contributed by atoms with E-state index in [9.17, 15) is 33.8 Å². The molecular weight excluding hydrogens is 510 g/mol. The summed E-state index contributed by atoms with van der Waals surface area (Å²) in [6.07, 6.45) is 0. The number of non-ortho nitro benzene ring substituents is 1. The first kappa shape index (κ1) is 27.3. The van der Waals surface area contributed by atoms with Gasteiger partial charge < -0.3 is 25.0 Å². The molecule has 14 heteroatoms. The topological polar surface area (TPSA) is 186 Å². The highest BCUT2D eigenvalue weighted by Crippen LogP contribution is 2.34. The molecule has 3 atom stereocenters. The van der Waals surface area contributed by atoms with Gasteiger partial charge in [-0.1, -0.05) is 18.2 Å². The molecule has 2 amide bonds. The number of nitrogens with one attached hydrogen (secondary N) is 1. The Morgan fingerprint density at radius 2 is 1.81 bits per heavy atom. The zero-order valence-electron chi connectivity index (χ0n) is 19.4. The Balaban J connectivity index is 0.00000186. The fourth-order valence-corrected chi connectivity index (χ4v) is 5.07. The quantitative estimate of drug-likeness (QED) is 0.187. The molecule has 1 saturated heterocycles. The number of para-hydroxylation sites is 1. The molecular formula is C23H23N3O10S. The predicted molar refractivity (Wildman–Crippen MR) is 128 cm³/mol. The maximum Gasteiger partial charge on any atom is 0.358 e. The number of fused-ring (bicyclic) bond motifs is 1. The molecule has 0 saturated carbocycles. The van der Waals surface area contributed by atoms with E-state index in [1.165, 1.54) is 24.3 Å². The summed E-state index contributed by atoms with van der Waals surface area (Å²) in [7, 11) is -0.780.